The molecule has 24 heavy (non-hydrogen) atoms. The van der Waals surface area contributed by atoms with E-state index in [1.807, 2.05) is 13.8 Å². The number of carbonyl (C=O) groups excluding carboxylic acids is 1. The van der Waals surface area contributed by atoms with E-state index in [1.165, 1.54) is 0 Å². The molecule has 2 atom stereocenters. The lowest BCUT2D eigenvalue weighted by atomic mass is 10.0. The van der Waals surface area contributed by atoms with Gasteiger partial charge in [0.15, 0.2) is 0 Å². The number of alkyl halides is 3. The molecule has 0 bridgehead atoms. The second-order valence-corrected chi connectivity index (χ2v) is 5.04. The van der Waals surface area contributed by atoms with Crippen molar-refractivity contribution in [1.82, 2.24) is 5.32 Å². The maximum atomic E-state index is 11.4. The summed E-state index contributed by atoms with van der Waals surface area (Å²) >= 11 is 0. The molecule has 140 valence electrons. The lowest BCUT2D eigenvalue weighted by Crippen LogP contribution is -2.49. The van der Waals surface area contributed by atoms with Crippen molar-refractivity contribution in [3.8, 4) is 0 Å². The molecule has 6 N–H and O–H groups in total. The molecule has 0 aromatic rings. The Bertz CT molecular complexity index is 466. The van der Waals surface area contributed by atoms with Crippen LogP contribution in [0.4, 0.5) is 13.2 Å². The monoisotopic (exact) mass is 360 g/mol. The van der Waals surface area contributed by atoms with E-state index in [4.69, 9.17) is 25.8 Å². The third-order valence-corrected chi connectivity index (χ3v) is 2.30. The minimum atomic E-state index is -5.08. The summed E-state index contributed by atoms with van der Waals surface area (Å²) in [5.41, 5.74) is 5.31. The van der Waals surface area contributed by atoms with E-state index < -0.39 is 48.5 Å². The first-order valence-corrected chi connectivity index (χ1v) is 6.49. The van der Waals surface area contributed by atoms with Crippen molar-refractivity contribution in [2.45, 2.75) is 44.9 Å². The highest BCUT2D eigenvalue weighted by atomic mass is 19.4. The molecule has 0 aliphatic heterocycles. The molecule has 0 aromatic carbocycles. The van der Waals surface area contributed by atoms with E-state index in [2.05, 4.69) is 5.32 Å². The number of carboxylic acids is 3. The Morgan fingerprint density at radius 3 is 1.75 bits per heavy atom. The van der Waals surface area contributed by atoms with Gasteiger partial charge in [0, 0.05) is 0 Å². The number of hydrogen-bond acceptors (Lipinski definition) is 5. The summed E-state index contributed by atoms with van der Waals surface area (Å²) < 4.78 is 31.7. The molecule has 0 heterocycles. The van der Waals surface area contributed by atoms with Gasteiger partial charge in [-0.15, -0.1) is 0 Å². The number of carbonyl (C=O) groups is 4. The van der Waals surface area contributed by atoms with Crippen LogP contribution >= 0.6 is 0 Å². The maximum absolute atomic E-state index is 11.4. The number of aliphatic carboxylic acids is 3. The van der Waals surface area contributed by atoms with Crippen LogP contribution in [0.5, 0.6) is 0 Å². The lowest BCUT2D eigenvalue weighted by Gasteiger charge is -2.18. The highest BCUT2D eigenvalue weighted by molar-refractivity contribution is 5.89. The van der Waals surface area contributed by atoms with Crippen LogP contribution in [-0.2, 0) is 19.2 Å². The highest BCUT2D eigenvalue weighted by Gasteiger charge is 2.38. The number of halogens is 3. The number of rotatable bonds is 7. The first-order valence-electron chi connectivity index (χ1n) is 6.49. The van der Waals surface area contributed by atoms with Gasteiger partial charge in [-0.3, -0.25) is 9.59 Å². The fourth-order valence-corrected chi connectivity index (χ4v) is 1.25. The van der Waals surface area contributed by atoms with Crippen LogP contribution < -0.4 is 11.1 Å². The van der Waals surface area contributed by atoms with Crippen LogP contribution in [0.3, 0.4) is 0 Å². The Morgan fingerprint density at radius 2 is 1.50 bits per heavy atom. The normalized spacial score (nSPS) is 13.3. The second-order valence-electron chi connectivity index (χ2n) is 5.04. The van der Waals surface area contributed by atoms with Gasteiger partial charge < -0.3 is 26.4 Å². The lowest BCUT2D eigenvalue weighted by molar-refractivity contribution is -0.192. The van der Waals surface area contributed by atoms with E-state index in [9.17, 15) is 27.6 Å². The van der Waals surface area contributed by atoms with Crippen molar-refractivity contribution in [3.63, 3.8) is 0 Å². The fourth-order valence-electron chi connectivity index (χ4n) is 1.25. The maximum Gasteiger partial charge on any atom is 0.490 e. The molecule has 0 rings (SSSR count). The van der Waals surface area contributed by atoms with Crippen LogP contribution in [0.1, 0.15) is 26.7 Å². The van der Waals surface area contributed by atoms with E-state index in [0.717, 1.165) is 0 Å². The van der Waals surface area contributed by atoms with Crippen molar-refractivity contribution >= 4 is 23.8 Å². The zero-order valence-corrected chi connectivity index (χ0v) is 12.8. The average molecular weight is 360 g/mol. The number of carboxylic acid groups (broad SMARTS) is 3. The minimum Gasteiger partial charge on any atom is -0.481 e. The Balaban J connectivity index is 0. The first-order chi connectivity index (χ1) is 10.7. The molecular formula is C12H19F3N2O7. The predicted molar refractivity (Wildman–Crippen MR) is 72.9 cm³/mol. The summed E-state index contributed by atoms with van der Waals surface area (Å²) in [6.07, 6.45) is -5.35. The molecule has 0 aliphatic rings. The summed E-state index contributed by atoms with van der Waals surface area (Å²) in [4.78, 5) is 41.5. The Hall–Kier alpha value is -2.37. The summed E-state index contributed by atoms with van der Waals surface area (Å²) in [5, 5.41) is 26.7. The molecule has 0 fully saturated rings. The second kappa shape index (κ2) is 10.4. The highest BCUT2D eigenvalue weighted by Crippen LogP contribution is 2.13. The standard InChI is InChI=1S/C10H18N2O5.C2HF3O2/c1-5(2)3-7(10(16)17)12-9(15)6(11)4-8(13)14;3-2(4,5)1(6)7/h5-7H,3-4,11H2,1-2H3,(H,12,15)(H,13,14)(H,16,17);(H,6,7)/t6-,7-;/m0./s1. The quantitative estimate of drug-likeness (QED) is 0.424. The molecule has 0 aliphatic carbocycles. The van der Waals surface area contributed by atoms with Crippen LogP contribution in [0.15, 0.2) is 0 Å². The van der Waals surface area contributed by atoms with Gasteiger partial charge >= 0.3 is 24.1 Å². The molecule has 0 aromatic heterocycles. The summed E-state index contributed by atoms with van der Waals surface area (Å²) in [6.45, 7) is 3.64. The van der Waals surface area contributed by atoms with Crippen molar-refractivity contribution < 1.29 is 47.7 Å². The first kappa shape index (κ1) is 23.9. The largest absolute Gasteiger partial charge is 0.490 e. The van der Waals surface area contributed by atoms with Crippen molar-refractivity contribution in [2.24, 2.45) is 11.7 Å². The predicted octanol–water partition coefficient (Wildman–Crippen LogP) is 0.0372. The zero-order chi connectivity index (χ0) is 19.7. The smallest absolute Gasteiger partial charge is 0.481 e. The summed E-state index contributed by atoms with van der Waals surface area (Å²) in [7, 11) is 0. The van der Waals surface area contributed by atoms with Crippen LogP contribution in [0.2, 0.25) is 0 Å². The minimum absolute atomic E-state index is 0.0899. The van der Waals surface area contributed by atoms with Crippen LogP contribution in [-0.4, -0.2) is 57.4 Å². The van der Waals surface area contributed by atoms with Crippen molar-refractivity contribution in [2.75, 3.05) is 0 Å². The van der Waals surface area contributed by atoms with Gasteiger partial charge in [0.2, 0.25) is 5.91 Å². The Morgan fingerprint density at radius 1 is 1.08 bits per heavy atom. The zero-order valence-electron chi connectivity index (χ0n) is 12.8. The fraction of sp³-hybridized carbons (Fsp3) is 0.667. The van der Waals surface area contributed by atoms with Crippen molar-refractivity contribution in [3.05, 3.63) is 0 Å². The molecule has 0 saturated carbocycles. The molecule has 0 unspecified atom stereocenters. The van der Waals surface area contributed by atoms with E-state index in [0.29, 0.717) is 0 Å². The van der Waals surface area contributed by atoms with Gasteiger partial charge in [-0.2, -0.15) is 13.2 Å². The van der Waals surface area contributed by atoms with Crippen LogP contribution in [0.25, 0.3) is 0 Å². The molecule has 9 nitrogen and oxygen atoms in total. The van der Waals surface area contributed by atoms with Gasteiger partial charge in [0.05, 0.1) is 12.5 Å². The van der Waals surface area contributed by atoms with Gasteiger partial charge in [0.25, 0.3) is 0 Å². The summed E-state index contributed by atoms with van der Waals surface area (Å²) in [5.74, 6) is -5.79. The summed E-state index contributed by atoms with van der Waals surface area (Å²) in [6, 6.07) is -2.27. The van der Waals surface area contributed by atoms with E-state index in [1.54, 1.807) is 0 Å². The van der Waals surface area contributed by atoms with Gasteiger partial charge in [0.1, 0.15) is 6.04 Å². The molecule has 12 heteroatoms. The van der Waals surface area contributed by atoms with E-state index in [-0.39, 0.29) is 12.3 Å². The number of nitrogens with one attached hydrogen (secondary N) is 1. The van der Waals surface area contributed by atoms with Gasteiger partial charge in [-0.05, 0) is 12.3 Å². The third-order valence-electron chi connectivity index (χ3n) is 2.30. The molecule has 0 saturated heterocycles. The van der Waals surface area contributed by atoms with Crippen LogP contribution in [0, 0.1) is 5.92 Å². The molecule has 1 amide bonds. The number of hydrogen-bond donors (Lipinski definition) is 5. The van der Waals surface area contributed by atoms with Crippen molar-refractivity contribution in [1.29, 1.82) is 0 Å². The molecule has 0 radical (unpaired) electrons. The Labute approximate surface area is 134 Å². The molecule has 0 spiro atoms. The average Bonchev–Trinajstić information content (AvgIpc) is 2.35. The molecular weight excluding hydrogens is 341 g/mol. The topological polar surface area (TPSA) is 167 Å². The van der Waals surface area contributed by atoms with E-state index >= 15 is 0 Å². The third kappa shape index (κ3) is 12.2. The SMILES string of the molecule is CC(C)C[C@H](NC(=O)[C@@H](N)CC(=O)O)C(=O)O.O=C(O)C(F)(F)F. The number of amides is 1. The Kier molecular flexibility index (Phi) is 10.4. The van der Waals surface area contributed by atoms with Gasteiger partial charge in [-0.1, -0.05) is 13.8 Å². The number of nitrogens with two attached hydrogens (primary N) is 1. The van der Waals surface area contributed by atoms with Gasteiger partial charge in [-0.25, -0.2) is 9.59 Å².